The molecule has 1 amide bonds. The Kier molecular flexibility index (Phi) is 4.05. The fourth-order valence-corrected chi connectivity index (χ4v) is 6.11. The van der Waals surface area contributed by atoms with Crippen molar-refractivity contribution in [3.63, 3.8) is 0 Å². The van der Waals surface area contributed by atoms with Gasteiger partial charge in [0, 0.05) is 17.4 Å². The lowest BCUT2D eigenvalue weighted by molar-refractivity contribution is -0.120. The number of halogens is 2. The largest absolute Gasteiger partial charge is 0.325 e. The number of rotatable bonds is 5. The first-order valence-corrected chi connectivity index (χ1v) is 12.8. The monoisotopic (exact) mass is 516 g/mol. The molecule has 0 bridgehead atoms. The third-order valence-corrected chi connectivity index (χ3v) is 8.63. The highest BCUT2D eigenvalue weighted by atomic mass is 19.1. The van der Waals surface area contributed by atoms with E-state index in [2.05, 4.69) is 20.1 Å². The minimum atomic E-state index is -1.28. The molecule has 4 aromatic rings. The molecule has 0 saturated heterocycles. The van der Waals surface area contributed by atoms with Gasteiger partial charge in [-0.25, -0.2) is 14.2 Å². The zero-order valence-corrected chi connectivity index (χ0v) is 20.1. The molecule has 38 heavy (non-hydrogen) atoms. The van der Waals surface area contributed by atoms with Gasteiger partial charge in [0.1, 0.15) is 5.67 Å². The van der Waals surface area contributed by atoms with E-state index >= 15 is 0 Å². The first-order valence-electron chi connectivity index (χ1n) is 12.8. The van der Waals surface area contributed by atoms with Crippen molar-refractivity contribution in [2.75, 3.05) is 11.4 Å². The molecule has 8 rings (SSSR count). The Bertz CT molecular complexity index is 1820. The topological polar surface area (TPSA) is 116 Å². The third kappa shape index (κ3) is 3.04. The van der Waals surface area contributed by atoms with E-state index in [1.165, 1.54) is 6.20 Å². The Morgan fingerprint density at radius 1 is 1.08 bits per heavy atom. The minimum absolute atomic E-state index is 0.0143. The van der Waals surface area contributed by atoms with Gasteiger partial charge < -0.3 is 9.88 Å². The van der Waals surface area contributed by atoms with Crippen molar-refractivity contribution >= 4 is 17.2 Å². The summed E-state index contributed by atoms with van der Waals surface area (Å²) in [6.07, 6.45) is 5.69. The Morgan fingerprint density at radius 3 is 2.63 bits per heavy atom. The Labute approximate surface area is 213 Å². The maximum absolute atomic E-state index is 14.7. The van der Waals surface area contributed by atoms with E-state index in [1.807, 2.05) is 18.2 Å². The Morgan fingerprint density at radius 2 is 1.89 bits per heavy atom. The summed E-state index contributed by atoms with van der Waals surface area (Å²) in [4.78, 5) is 47.6. The molecule has 192 valence electrons. The number of fused-ring (bicyclic) bond motifs is 3. The summed E-state index contributed by atoms with van der Waals surface area (Å²) in [6, 6.07) is 7.80. The lowest BCUT2D eigenvalue weighted by Gasteiger charge is -2.20. The maximum Gasteiger partial charge on any atom is 0.325 e. The molecule has 2 atom stereocenters. The van der Waals surface area contributed by atoms with Crippen LogP contribution >= 0.6 is 0 Å². The number of anilines is 1. The molecule has 11 heteroatoms. The van der Waals surface area contributed by atoms with Crippen LogP contribution in [0.3, 0.4) is 0 Å². The average molecular weight is 517 g/mol. The first-order chi connectivity index (χ1) is 18.3. The zero-order valence-electron chi connectivity index (χ0n) is 20.1. The van der Waals surface area contributed by atoms with Crippen molar-refractivity contribution in [1.29, 1.82) is 0 Å². The summed E-state index contributed by atoms with van der Waals surface area (Å²) in [7, 11) is 0. The van der Waals surface area contributed by atoms with Crippen molar-refractivity contribution < 1.29 is 13.6 Å². The summed E-state index contributed by atoms with van der Waals surface area (Å²) < 4.78 is 30.4. The maximum atomic E-state index is 14.7. The molecule has 1 aliphatic heterocycles. The molecular formula is C27H22F2N6O3. The number of carbonyl (C=O) groups is 1. The average Bonchev–Trinajstić information content (AvgIpc) is 3.81. The number of carbonyl (C=O) groups excluding carboxylic acids is 1. The highest BCUT2D eigenvalue weighted by Gasteiger charge is 2.61. The van der Waals surface area contributed by atoms with Crippen LogP contribution in [0.15, 0.2) is 46.2 Å². The number of nitrogens with zero attached hydrogens (tertiary/aromatic N) is 4. The molecule has 9 nitrogen and oxygen atoms in total. The van der Waals surface area contributed by atoms with Crippen LogP contribution in [-0.4, -0.2) is 42.7 Å². The molecule has 3 saturated carbocycles. The van der Waals surface area contributed by atoms with Crippen molar-refractivity contribution in [1.82, 2.24) is 24.6 Å². The fourth-order valence-electron chi connectivity index (χ4n) is 6.11. The predicted octanol–water partition coefficient (Wildman–Crippen LogP) is 3.06. The van der Waals surface area contributed by atoms with Crippen LogP contribution in [-0.2, 0) is 10.2 Å². The van der Waals surface area contributed by atoms with Gasteiger partial charge >= 0.3 is 5.69 Å². The number of hydrogen-bond acceptors (Lipinski definition) is 5. The molecule has 1 aromatic carbocycles. The number of aromatic nitrogens is 5. The number of benzene rings is 1. The highest BCUT2D eigenvalue weighted by molar-refractivity contribution is 6.10. The summed E-state index contributed by atoms with van der Waals surface area (Å²) in [5.41, 5.74) is 1.22. The van der Waals surface area contributed by atoms with Crippen molar-refractivity contribution in [3.8, 4) is 11.3 Å². The number of amides is 1. The van der Waals surface area contributed by atoms with E-state index in [-0.39, 0.29) is 35.5 Å². The van der Waals surface area contributed by atoms with Crippen LogP contribution in [0.4, 0.5) is 14.5 Å². The van der Waals surface area contributed by atoms with Crippen LogP contribution in [0.1, 0.15) is 60.6 Å². The number of alkyl halides is 1. The van der Waals surface area contributed by atoms with E-state index < -0.39 is 28.3 Å². The Balaban J connectivity index is 1.18. The molecule has 2 N–H and O–H groups in total. The van der Waals surface area contributed by atoms with E-state index in [1.54, 1.807) is 11.0 Å². The number of hydrogen-bond donors (Lipinski definition) is 2. The van der Waals surface area contributed by atoms with Crippen LogP contribution < -0.4 is 16.1 Å². The second kappa shape index (κ2) is 7.03. The molecule has 0 radical (unpaired) electrons. The Hall–Kier alpha value is -4.15. The van der Waals surface area contributed by atoms with Crippen LogP contribution in [0, 0.1) is 5.95 Å². The van der Waals surface area contributed by atoms with E-state index in [0.717, 1.165) is 52.4 Å². The standard InChI is InChI=1S/C27H22F2N6O3/c28-21-11-30-22-16(9-19(33-35(21)22)17-10-31-25(38)32-23(17)36)15-8-14(15)13-1-2-18-20(7-13)34(12-26(29)3-4-26)24(37)27(18)5-6-27/h1-2,7,9-11,14-15H,3-6,8,12H2,(H2,31,32,36,38)/t14-,15+/m1/s1. The molecule has 3 aromatic heterocycles. The number of aromatic amines is 2. The molecule has 3 fully saturated rings. The lowest BCUT2D eigenvalue weighted by atomic mass is 9.95. The van der Waals surface area contributed by atoms with Gasteiger partial charge in [-0.3, -0.25) is 14.6 Å². The van der Waals surface area contributed by atoms with Gasteiger partial charge in [-0.1, -0.05) is 12.1 Å². The predicted molar refractivity (Wildman–Crippen MR) is 133 cm³/mol. The number of imidazole rings is 1. The quantitative estimate of drug-likeness (QED) is 0.423. The van der Waals surface area contributed by atoms with Gasteiger partial charge in [0.2, 0.25) is 11.9 Å². The first kappa shape index (κ1) is 21.9. The molecule has 0 unspecified atom stereocenters. The summed E-state index contributed by atoms with van der Waals surface area (Å²) in [5.74, 6) is -0.582. The number of H-pyrrole nitrogens is 2. The molecule has 4 aliphatic rings. The molecule has 1 spiro atoms. The molecular weight excluding hydrogens is 494 g/mol. The van der Waals surface area contributed by atoms with Gasteiger partial charge in [-0.15, -0.1) is 0 Å². The van der Waals surface area contributed by atoms with Crippen LogP contribution in [0.25, 0.3) is 16.9 Å². The van der Waals surface area contributed by atoms with Gasteiger partial charge in [-0.05, 0) is 67.2 Å². The van der Waals surface area contributed by atoms with Crippen molar-refractivity contribution in [3.05, 3.63) is 80.1 Å². The molecule has 3 aliphatic carbocycles. The highest BCUT2D eigenvalue weighted by Crippen LogP contribution is 2.61. The second-order valence-corrected chi connectivity index (χ2v) is 11.1. The van der Waals surface area contributed by atoms with Gasteiger partial charge in [0.25, 0.3) is 5.56 Å². The van der Waals surface area contributed by atoms with Gasteiger partial charge in [0.05, 0.1) is 29.4 Å². The van der Waals surface area contributed by atoms with Crippen molar-refractivity contribution in [2.45, 2.75) is 55.0 Å². The third-order valence-electron chi connectivity index (χ3n) is 8.63. The smallest absolute Gasteiger partial charge is 0.313 e. The minimum Gasteiger partial charge on any atom is -0.313 e. The van der Waals surface area contributed by atoms with Gasteiger partial charge in [0.15, 0.2) is 5.65 Å². The molecule has 4 heterocycles. The lowest BCUT2D eigenvalue weighted by Crippen LogP contribution is -2.37. The second-order valence-electron chi connectivity index (χ2n) is 11.1. The van der Waals surface area contributed by atoms with E-state index in [4.69, 9.17) is 0 Å². The van der Waals surface area contributed by atoms with Crippen molar-refractivity contribution in [2.24, 2.45) is 0 Å². The zero-order chi connectivity index (χ0) is 26.0. The summed E-state index contributed by atoms with van der Waals surface area (Å²) >= 11 is 0. The normalized spacial score (nSPS) is 23.7. The summed E-state index contributed by atoms with van der Waals surface area (Å²) in [5, 5.41) is 4.25. The number of nitrogens with one attached hydrogen (secondary N) is 2. The SMILES string of the molecule is O=C1N(CC2(F)CC2)c2cc([C@H]3C[C@@H]3c3cc(-c4c[nH]c(=O)[nH]c4=O)nn4c(F)cnc34)ccc2C12CC2. The van der Waals surface area contributed by atoms with Gasteiger partial charge in [-0.2, -0.15) is 14.0 Å². The van der Waals surface area contributed by atoms with E-state index in [9.17, 15) is 23.2 Å². The van der Waals surface area contributed by atoms with Crippen LogP contribution in [0.5, 0.6) is 0 Å². The fraction of sp³-hybridized carbons (Fsp3) is 0.370. The van der Waals surface area contributed by atoms with Crippen LogP contribution in [0.2, 0.25) is 0 Å². The van der Waals surface area contributed by atoms with E-state index in [0.29, 0.717) is 18.5 Å². The summed E-state index contributed by atoms with van der Waals surface area (Å²) in [6.45, 7) is 0.105.